The molecule has 3 rings (SSSR count). The molecule has 2 aliphatic carbocycles. The van der Waals surface area contributed by atoms with Gasteiger partial charge in [-0.3, -0.25) is 4.79 Å². The minimum absolute atomic E-state index is 0.00415. The first-order valence-electron chi connectivity index (χ1n) is 12.5. The van der Waals surface area contributed by atoms with Gasteiger partial charge in [-0.2, -0.15) is 13.2 Å². The van der Waals surface area contributed by atoms with Gasteiger partial charge in [0.25, 0.3) is 0 Å². The number of aromatic hydroxyl groups is 1. The minimum atomic E-state index is -3.10. The van der Waals surface area contributed by atoms with Gasteiger partial charge in [0, 0.05) is 6.42 Å². The summed E-state index contributed by atoms with van der Waals surface area (Å²) in [7, 11) is 0. The Morgan fingerprint density at radius 1 is 1.03 bits per heavy atom. The van der Waals surface area contributed by atoms with Gasteiger partial charge in [0.05, 0.1) is 24.2 Å². The number of benzene rings is 1. The zero-order valence-corrected chi connectivity index (χ0v) is 19.8. The highest BCUT2D eigenvalue weighted by atomic mass is 19.3. The first-order valence-corrected chi connectivity index (χ1v) is 12.5. The van der Waals surface area contributed by atoms with E-state index in [9.17, 15) is 23.1 Å². The molecule has 0 radical (unpaired) electrons. The molecule has 1 N–H and O–H groups in total. The molecular formula is C26H37F3O4. The molecule has 0 aliphatic heterocycles. The van der Waals surface area contributed by atoms with Crippen LogP contribution in [0, 0.1) is 23.6 Å². The van der Waals surface area contributed by atoms with E-state index < -0.39 is 29.7 Å². The molecule has 0 saturated heterocycles. The Morgan fingerprint density at radius 2 is 1.67 bits per heavy atom. The van der Waals surface area contributed by atoms with Crippen LogP contribution in [-0.2, 0) is 4.74 Å². The lowest BCUT2D eigenvalue weighted by atomic mass is 9.79. The molecule has 1 aromatic carbocycles. The Labute approximate surface area is 194 Å². The molecule has 0 amide bonds. The van der Waals surface area contributed by atoms with Gasteiger partial charge >= 0.3 is 6.11 Å². The van der Waals surface area contributed by atoms with Gasteiger partial charge in [-0.05, 0) is 82.3 Å². The van der Waals surface area contributed by atoms with Gasteiger partial charge in [0.15, 0.2) is 17.3 Å². The van der Waals surface area contributed by atoms with E-state index in [0.717, 1.165) is 25.7 Å². The highest BCUT2D eigenvalue weighted by molar-refractivity contribution is 5.99. The van der Waals surface area contributed by atoms with Crippen molar-refractivity contribution in [1.29, 1.82) is 0 Å². The topological polar surface area (TPSA) is 55.8 Å². The van der Waals surface area contributed by atoms with Crippen LogP contribution in [0.1, 0.15) is 94.8 Å². The number of ketones is 1. The minimum Gasteiger partial charge on any atom is -0.504 e. The standard InChI is InChI=1S/C26H37F3O4/c1-3-5-17-6-10-19(11-7-17)26(28,29)33-20-12-8-18(9-13-20)16-22(30)21-14-15-23(32-4-2)24(27)25(21)31/h14-15,17-20,31H,3-13,16H2,1-2H3. The molecule has 4 nitrogen and oxygen atoms in total. The van der Waals surface area contributed by atoms with Crippen LogP contribution in [0.3, 0.4) is 0 Å². The van der Waals surface area contributed by atoms with Gasteiger partial charge in [-0.1, -0.05) is 19.8 Å². The van der Waals surface area contributed by atoms with Crippen molar-refractivity contribution in [2.24, 2.45) is 17.8 Å². The maximum Gasteiger partial charge on any atom is 0.358 e. The molecule has 1 aromatic rings. The van der Waals surface area contributed by atoms with Crippen LogP contribution in [0.25, 0.3) is 0 Å². The molecule has 2 saturated carbocycles. The van der Waals surface area contributed by atoms with Crippen molar-refractivity contribution in [3.05, 3.63) is 23.5 Å². The molecule has 7 heteroatoms. The van der Waals surface area contributed by atoms with Crippen LogP contribution >= 0.6 is 0 Å². The predicted molar refractivity (Wildman–Crippen MR) is 120 cm³/mol. The fourth-order valence-electron chi connectivity index (χ4n) is 5.38. The van der Waals surface area contributed by atoms with Gasteiger partial charge in [-0.25, -0.2) is 0 Å². The van der Waals surface area contributed by atoms with Crippen molar-refractivity contribution < 1.29 is 32.5 Å². The normalized spacial score (nSPS) is 26.2. The number of alkyl halides is 2. The van der Waals surface area contributed by atoms with Crippen molar-refractivity contribution in [3.63, 3.8) is 0 Å². The number of hydrogen-bond donors (Lipinski definition) is 1. The Morgan fingerprint density at radius 3 is 2.27 bits per heavy atom. The third-order valence-electron chi connectivity index (χ3n) is 7.29. The summed E-state index contributed by atoms with van der Waals surface area (Å²) in [6.45, 7) is 4.07. The molecule has 0 spiro atoms. The number of carbonyl (C=O) groups excluding carboxylic acids is 1. The molecule has 2 fully saturated rings. The summed E-state index contributed by atoms with van der Waals surface area (Å²) in [6, 6.07) is 2.71. The lowest BCUT2D eigenvalue weighted by molar-refractivity contribution is -0.301. The Bertz CT molecular complexity index is 782. The summed E-state index contributed by atoms with van der Waals surface area (Å²) >= 11 is 0. The summed E-state index contributed by atoms with van der Waals surface area (Å²) < 4.78 is 54.1. The van der Waals surface area contributed by atoms with Crippen molar-refractivity contribution in [2.45, 2.75) is 96.7 Å². The molecular weight excluding hydrogens is 433 g/mol. The zero-order valence-electron chi connectivity index (χ0n) is 19.8. The maximum atomic E-state index is 14.8. The smallest absolute Gasteiger partial charge is 0.358 e. The van der Waals surface area contributed by atoms with Crippen LogP contribution in [0.5, 0.6) is 11.5 Å². The van der Waals surface area contributed by atoms with E-state index >= 15 is 0 Å². The molecule has 186 valence electrons. The van der Waals surface area contributed by atoms with Crippen LogP contribution in [0.2, 0.25) is 0 Å². The molecule has 33 heavy (non-hydrogen) atoms. The predicted octanol–water partition coefficient (Wildman–Crippen LogP) is 7.28. The number of ether oxygens (including phenoxy) is 2. The maximum absolute atomic E-state index is 14.8. The fraction of sp³-hybridized carbons (Fsp3) is 0.731. The first-order chi connectivity index (χ1) is 15.7. The molecule has 0 atom stereocenters. The first kappa shape index (κ1) is 25.9. The van der Waals surface area contributed by atoms with Gasteiger partial charge in [0.2, 0.25) is 5.82 Å². The zero-order chi connectivity index (χ0) is 24.0. The van der Waals surface area contributed by atoms with E-state index in [0.29, 0.717) is 44.4 Å². The Hall–Kier alpha value is -1.76. The summed E-state index contributed by atoms with van der Waals surface area (Å²) in [5, 5.41) is 10.1. The van der Waals surface area contributed by atoms with E-state index in [2.05, 4.69) is 6.92 Å². The Balaban J connectivity index is 1.47. The van der Waals surface area contributed by atoms with Gasteiger partial charge in [0.1, 0.15) is 0 Å². The van der Waals surface area contributed by atoms with Crippen LogP contribution in [-0.4, -0.2) is 29.7 Å². The SMILES string of the molecule is CCCC1CCC(C(F)(F)OC2CCC(CC(=O)c3ccc(OCC)c(F)c3O)CC2)CC1. The second-order valence-electron chi connectivity index (χ2n) is 9.66. The summed E-state index contributed by atoms with van der Waals surface area (Å²) in [4.78, 5) is 12.6. The van der Waals surface area contributed by atoms with Crippen molar-refractivity contribution >= 4 is 5.78 Å². The van der Waals surface area contributed by atoms with E-state index in [4.69, 9.17) is 9.47 Å². The van der Waals surface area contributed by atoms with Crippen LogP contribution in [0.15, 0.2) is 12.1 Å². The summed E-state index contributed by atoms with van der Waals surface area (Å²) in [6.07, 6.45) is 3.63. The molecule has 0 aromatic heterocycles. The summed E-state index contributed by atoms with van der Waals surface area (Å²) in [5.41, 5.74) is -0.0699. The lowest BCUT2D eigenvalue weighted by Gasteiger charge is -2.37. The number of hydrogen-bond acceptors (Lipinski definition) is 4. The highest BCUT2D eigenvalue weighted by Gasteiger charge is 2.44. The average molecular weight is 471 g/mol. The third kappa shape index (κ3) is 6.65. The number of rotatable bonds is 10. The largest absolute Gasteiger partial charge is 0.504 e. The monoisotopic (exact) mass is 470 g/mol. The van der Waals surface area contributed by atoms with Crippen molar-refractivity contribution in [3.8, 4) is 11.5 Å². The van der Waals surface area contributed by atoms with E-state index in [1.165, 1.54) is 12.1 Å². The number of Topliss-reactive ketones (excluding diaryl/α,β-unsaturated/α-hetero) is 1. The van der Waals surface area contributed by atoms with Crippen LogP contribution < -0.4 is 4.74 Å². The lowest BCUT2D eigenvalue weighted by Crippen LogP contribution is -2.39. The average Bonchev–Trinajstić information content (AvgIpc) is 2.79. The summed E-state index contributed by atoms with van der Waals surface area (Å²) in [5.74, 6) is -2.22. The number of carbonyl (C=O) groups is 1. The van der Waals surface area contributed by atoms with E-state index in [1.54, 1.807) is 6.92 Å². The number of phenols is 1. The second kappa shape index (κ2) is 11.6. The van der Waals surface area contributed by atoms with E-state index in [1.807, 2.05) is 0 Å². The number of phenolic OH excluding ortho intramolecular Hbond substituents is 1. The highest BCUT2D eigenvalue weighted by Crippen LogP contribution is 2.43. The quantitative estimate of drug-likeness (QED) is 0.365. The van der Waals surface area contributed by atoms with Crippen molar-refractivity contribution in [1.82, 2.24) is 0 Å². The van der Waals surface area contributed by atoms with Crippen LogP contribution in [0.4, 0.5) is 13.2 Å². The molecule has 0 heterocycles. The Kier molecular flexibility index (Phi) is 9.08. The third-order valence-corrected chi connectivity index (χ3v) is 7.29. The molecule has 0 bridgehead atoms. The molecule has 2 aliphatic rings. The fourth-order valence-corrected chi connectivity index (χ4v) is 5.38. The number of halogens is 3. The second-order valence-corrected chi connectivity index (χ2v) is 9.66. The van der Waals surface area contributed by atoms with Crippen molar-refractivity contribution in [2.75, 3.05) is 6.61 Å². The van der Waals surface area contributed by atoms with Gasteiger partial charge < -0.3 is 14.6 Å². The van der Waals surface area contributed by atoms with E-state index in [-0.39, 0.29) is 36.0 Å². The molecule has 0 unspecified atom stereocenters. The van der Waals surface area contributed by atoms with Gasteiger partial charge in [-0.15, -0.1) is 0 Å².